The van der Waals surface area contributed by atoms with Gasteiger partial charge in [-0.25, -0.2) is 24.7 Å². The Kier molecular flexibility index (Phi) is 34.2. The number of urea groups is 1. The van der Waals surface area contributed by atoms with E-state index in [-0.39, 0.29) is 52.9 Å². The zero-order chi connectivity index (χ0) is 100. The van der Waals surface area contributed by atoms with E-state index in [9.17, 15) is 28.8 Å². The van der Waals surface area contributed by atoms with Crippen LogP contribution in [0.15, 0.2) is 220 Å². The number of aromatic nitrogens is 16. The highest BCUT2D eigenvalue weighted by Gasteiger charge is 2.30. The summed E-state index contributed by atoms with van der Waals surface area (Å²) in [5.41, 5.74) is 17.6. The van der Waals surface area contributed by atoms with E-state index in [1.54, 1.807) is 75.8 Å². The molecule has 0 atom stereocenters. The number of likely N-dealkylation sites (N-methyl/N-ethyl adjacent to an activating group) is 4. The van der Waals surface area contributed by atoms with Gasteiger partial charge in [0.15, 0.2) is 22.8 Å². The molecule has 18 rings (SSSR count). The highest BCUT2D eigenvalue weighted by Crippen LogP contribution is 2.35. The zero-order valence-corrected chi connectivity index (χ0v) is 82.3. The fraction of sp³-hybridized carbons (Fsp3) is 0.288. The number of hydrogen-bond acceptors (Lipinski definition) is 28. The number of benzene rings is 4. The van der Waals surface area contributed by atoms with Crippen LogP contribution in [0, 0.1) is 5.92 Å². The molecule has 12 aromatic heterocycles. The van der Waals surface area contributed by atoms with E-state index in [1.165, 1.54) is 29.7 Å². The van der Waals surface area contributed by atoms with Crippen LogP contribution in [-0.2, 0) is 17.9 Å². The maximum absolute atomic E-state index is 13.1. The molecule has 14 N–H and O–H groups in total. The SMILES string of the molecule is CN(C)CCNc1ccc(NC(=O)c2n[nH]c3ccc(-c4cncc(CN(C)C)c4)cc23)cn1.CN(C)CCNc1ccc(NC(=O)c2n[nH]c3ccc(-c4cncc(CN5CCCCC5)c4)cc23)cn1.CN(C)CCNc1ccc(NC(=O)c2n[nH]c3ccc(-c4cncc(NC(=O)C5CC5)c4)cc23)cn1.CN(C)CCNc1ccc(NC(=O)c2n[nH]c3ccc(-c4cncc(NC(=O)N(C)C)c4)cc23)cn1. The molecule has 39 heteroatoms. The van der Waals surface area contributed by atoms with Crippen molar-refractivity contribution in [3.8, 4) is 44.5 Å². The molecule has 0 radical (unpaired) electrons. The van der Waals surface area contributed by atoms with Crippen LogP contribution in [0.3, 0.4) is 0 Å². The number of anilines is 10. The van der Waals surface area contributed by atoms with Gasteiger partial charge in [0, 0.05) is 166 Å². The minimum Gasteiger partial charge on any atom is -0.369 e. The van der Waals surface area contributed by atoms with Gasteiger partial charge in [0.05, 0.1) is 93.4 Å². The molecule has 0 bridgehead atoms. The topological polar surface area (TPSA) is 463 Å². The molecule has 0 spiro atoms. The molecule has 39 nitrogen and oxygen atoms in total. The van der Waals surface area contributed by atoms with E-state index in [0.29, 0.717) is 56.3 Å². The van der Waals surface area contributed by atoms with Crippen LogP contribution in [-0.4, -0.2) is 301 Å². The molecule has 2 fully saturated rings. The Morgan fingerprint density at radius 2 is 0.629 bits per heavy atom. The largest absolute Gasteiger partial charge is 0.369 e. The van der Waals surface area contributed by atoms with Crippen LogP contribution in [0.5, 0.6) is 0 Å². The van der Waals surface area contributed by atoms with E-state index in [0.717, 1.165) is 198 Å². The monoisotopic (exact) mass is 1930 g/mol. The molecule has 143 heavy (non-hydrogen) atoms. The van der Waals surface area contributed by atoms with Crippen LogP contribution in [0.1, 0.15) is 85.2 Å². The molecule has 1 saturated heterocycles. The number of nitrogens with one attached hydrogen (secondary N) is 14. The Balaban J connectivity index is 0.000000144. The predicted octanol–water partition coefficient (Wildman–Crippen LogP) is 14.5. The van der Waals surface area contributed by atoms with Crippen molar-refractivity contribution in [3.05, 3.63) is 254 Å². The molecule has 1 saturated carbocycles. The van der Waals surface area contributed by atoms with Crippen molar-refractivity contribution in [2.75, 3.05) is 203 Å². The smallest absolute Gasteiger partial charge is 0.321 e. The number of carbonyl (C=O) groups is 6. The summed E-state index contributed by atoms with van der Waals surface area (Å²) in [6.07, 6.45) is 26.4. The fourth-order valence-electron chi connectivity index (χ4n) is 15.5. The van der Waals surface area contributed by atoms with Gasteiger partial charge < -0.3 is 82.6 Å². The summed E-state index contributed by atoms with van der Waals surface area (Å²) >= 11 is 0. The predicted molar refractivity (Wildman–Crippen MR) is 565 cm³/mol. The summed E-state index contributed by atoms with van der Waals surface area (Å²) in [4.78, 5) is 125. The van der Waals surface area contributed by atoms with Gasteiger partial charge in [-0.15, -0.1) is 0 Å². The molecule has 7 amide bonds. The molecule has 738 valence electrons. The lowest BCUT2D eigenvalue weighted by Gasteiger charge is -2.26. The van der Waals surface area contributed by atoms with Crippen LogP contribution >= 0.6 is 0 Å². The quantitative estimate of drug-likeness (QED) is 0.0175. The number of H-pyrrole nitrogens is 4. The number of carbonyl (C=O) groups excluding carboxylic acids is 6. The van der Waals surface area contributed by atoms with E-state index in [1.807, 2.05) is 217 Å². The normalized spacial score (nSPS) is 12.4. The number of aromatic amines is 4. The number of likely N-dealkylation sites (tertiary alicyclic amines) is 1. The number of pyridine rings is 8. The minimum absolute atomic E-state index is 0.0325. The Morgan fingerprint density at radius 1 is 0.315 bits per heavy atom. The maximum Gasteiger partial charge on any atom is 0.321 e. The van der Waals surface area contributed by atoms with Crippen LogP contribution in [0.4, 0.5) is 62.2 Å². The average molecular weight is 1930 g/mol. The second kappa shape index (κ2) is 48.4. The summed E-state index contributed by atoms with van der Waals surface area (Å²) in [6, 6.07) is 45.6. The van der Waals surface area contributed by atoms with Crippen molar-refractivity contribution in [1.29, 1.82) is 0 Å². The van der Waals surface area contributed by atoms with Gasteiger partial charge >= 0.3 is 6.03 Å². The van der Waals surface area contributed by atoms with Crippen molar-refractivity contribution >= 4 is 137 Å². The van der Waals surface area contributed by atoms with Crippen molar-refractivity contribution in [2.24, 2.45) is 5.92 Å². The van der Waals surface area contributed by atoms with Gasteiger partial charge in [-0.3, -0.25) is 69.2 Å². The second-order valence-corrected chi connectivity index (χ2v) is 36.5. The van der Waals surface area contributed by atoms with Gasteiger partial charge in [-0.05, 0) is 264 Å². The standard InChI is InChI=1S/C28H34N8O.C26H28N8O2.C25H29N9O2.C25H30N8O/c1-35(2)13-10-30-26-9-7-23(18-31-26)32-28(37)27-24-15-21(6-8-25(24)33-34-27)22-14-20(16-29-17-22)19-36-11-4-3-5-12-36;1-34(2)10-9-28-23-8-6-19(15-29-23)30-26(36)24-21-12-17(5-7-22(21)32-33-24)18-11-20(14-27-13-18)31-25(35)16-3-4-16;1-33(2)10-9-27-22-8-6-18(15-28-22)29-24(35)23-20-12-16(5-7-21(20)31-32-23)17-11-19(14-26-13-17)30-25(36)34(3)4;1-32(2)10-9-27-23-8-6-20(15-28-23)29-25(34)24-21-12-18(5-7-22(21)30-31-24)19-11-17(13-26-14-19)16-33(3)4/h6-9,14-18H,3-5,10-13,19H2,1-2H3,(H,30,31)(H,32,37)(H,33,34);5-8,11-16H,3-4,9-10H2,1-2H3,(H,28,29)(H,30,36)(H,31,35)(H,32,33);5-8,11-15H,9-10H2,1-4H3,(H,27,28)(H,29,35)(H,30,36)(H,31,32);5-8,11-15H,9-10,16H2,1-4H3,(H,27,28)(H,29,34)(H,30,31). The van der Waals surface area contributed by atoms with Gasteiger partial charge in [-0.2, -0.15) is 20.4 Å². The third-order valence-corrected chi connectivity index (χ3v) is 23.3. The van der Waals surface area contributed by atoms with Gasteiger partial charge in [0.1, 0.15) is 23.3 Å². The van der Waals surface area contributed by atoms with Crippen LogP contribution < -0.4 is 53.2 Å². The lowest BCUT2D eigenvalue weighted by Crippen LogP contribution is -2.29. The molecule has 1 aliphatic carbocycles. The number of amides is 7. The van der Waals surface area contributed by atoms with Crippen molar-refractivity contribution in [1.82, 2.24) is 115 Å². The Hall–Kier alpha value is -16.5. The number of nitrogens with zero attached hydrogens (tertiary/aromatic N) is 19. The highest BCUT2D eigenvalue weighted by atomic mass is 16.2. The Bertz CT molecular complexity index is 6830. The molecule has 1 aliphatic heterocycles. The number of piperidine rings is 1. The van der Waals surface area contributed by atoms with Crippen molar-refractivity contribution in [3.63, 3.8) is 0 Å². The highest BCUT2D eigenvalue weighted by molar-refractivity contribution is 6.15. The maximum atomic E-state index is 13.1. The fourth-order valence-corrected chi connectivity index (χ4v) is 15.5. The molecule has 2 aliphatic rings. The lowest BCUT2D eigenvalue weighted by atomic mass is 10.0. The Labute approximate surface area is 828 Å². The first-order chi connectivity index (χ1) is 69.2. The Morgan fingerprint density at radius 3 is 0.937 bits per heavy atom. The molecule has 0 unspecified atom stereocenters. The number of hydrogen-bond donors (Lipinski definition) is 14. The van der Waals surface area contributed by atoms with E-state index >= 15 is 0 Å². The molecule has 16 aromatic rings. The third-order valence-electron chi connectivity index (χ3n) is 23.3. The first kappa shape index (κ1) is 101. The third kappa shape index (κ3) is 28.7. The van der Waals surface area contributed by atoms with Crippen molar-refractivity contribution < 1.29 is 28.8 Å². The summed E-state index contributed by atoms with van der Waals surface area (Å²) in [5.74, 6) is 1.90. The zero-order valence-electron chi connectivity index (χ0n) is 82.3. The molecule has 13 heterocycles. The average Bonchev–Trinajstić information content (AvgIpc) is 1.66. The lowest BCUT2D eigenvalue weighted by molar-refractivity contribution is -0.117. The van der Waals surface area contributed by atoms with Crippen LogP contribution in [0.25, 0.3) is 88.1 Å². The first-order valence-electron chi connectivity index (χ1n) is 47.2. The molecular weight excluding hydrogens is 1810 g/mol. The first-order valence-corrected chi connectivity index (χ1v) is 47.2. The van der Waals surface area contributed by atoms with Crippen LogP contribution in [0.2, 0.25) is 0 Å². The van der Waals surface area contributed by atoms with E-state index < -0.39 is 0 Å². The van der Waals surface area contributed by atoms with Crippen molar-refractivity contribution in [2.45, 2.75) is 45.2 Å². The second-order valence-electron chi connectivity index (χ2n) is 36.5. The molecular formula is C104H121N33O6. The van der Waals surface area contributed by atoms with E-state index in [2.05, 4.69) is 175 Å². The molecule has 4 aromatic carbocycles. The van der Waals surface area contributed by atoms with Gasteiger partial charge in [-0.1, -0.05) is 30.7 Å². The van der Waals surface area contributed by atoms with Gasteiger partial charge in [0.25, 0.3) is 23.6 Å². The number of fused-ring (bicyclic) bond motifs is 4. The summed E-state index contributed by atoms with van der Waals surface area (Å²) in [7, 11) is 23.5. The summed E-state index contributed by atoms with van der Waals surface area (Å²) in [5, 5.41) is 61.9. The summed E-state index contributed by atoms with van der Waals surface area (Å²) < 4.78 is 0. The minimum atomic E-state index is -0.348. The summed E-state index contributed by atoms with van der Waals surface area (Å²) in [6.45, 7) is 10.8. The van der Waals surface area contributed by atoms with Gasteiger partial charge in [0.2, 0.25) is 5.91 Å². The number of rotatable bonds is 35. The van der Waals surface area contributed by atoms with E-state index in [4.69, 9.17) is 0 Å².